The van der Waals surface area contributed by atoms with E-state index in [1.807, 2.05) is 60.7 Å². The summed E-state index contributed by atoms with van der Waals surface area (Å²) in [5.74, 6) is -3.30. The minimum atomic E-state index is -4.76. The third-order valence-corrected chi connectivity index (χ3v) is 12.4. The van der Waals surface area contributed by atoms with Crippen LogP contribution in [0.4, 0.5) is 26.3 Å². The number of hydrogen-bond acceptors (Lipinski definition) is 12. The third-order valence-electron chi connectivity index (χ3n) is 10.6. The van der Waals surface area contributed by atoms with Gasteiger partial charge in [0.2, 0.25) is 5.78 Å². The third kappa shape index (κ3) is 12.5. The van der Waals surface area contributed by atoms with Crippen LogP contribution >= 0.6 is 23.2 Å². The van der Waals surface area contributed by atoms with Crippen molar-refractivity contribution in [1.82, 2.24) is 24.1 Å². The molecule has 0 saturated heterocycles. The van der Waals surface area contributed by atoms with E-state index in [-0.39, 0.29) is 51.0 Å². The average molecular weight is 1070 g/mol. The lowest BCUT2D eigenvalue weighted by Crippen LogP contribution is -2.29. The molecule has 0 spiro atoms. The fraction of sp³-hybridized carbons (Fsp3) is 0.298. The summed E-state index contributed by atoms with van der Waals surface area (Å²) in [6.07, 6.45) is -3.82. The topological polar surface area (TPSA) is 203 Å². The van der Waals surface area contributed by atoms with E-state index in [1.54, 1.807) is 13.8 Å². The highest BCUT2D eigenvalue weighted by molar-refractivity contribution is 7.90. The molecule has 0 aliphatic carbocycles. The Labute approximate surface area is 416 Å². The average Bonchev–Trinajstić information content (AvgIpc) is 3.99. The van der Waals surface area contributed by atoms with Gasteiger partial charge >= 0.3 is 30.4 Å². The summed E-state index contributed by atoms with van der Waals surface area (Å²) < 4.78 is 114. The summed E-state index contributed by atoms with van der Waals surface area (Å²) in [5, 5.41) is 9.10. The van der Waals surface area contributed by atoms with E-state index in [0.29, 0.717) is 41.8 Å². The van der Waals surface area contributed by atoms with Crippen molar-refractivity contribution in [2.75, 3.05) is 19.5 Å². The minimum Gasteiger partial charge on any atom is -0.465 e. The van der Waals surface area contributed by atoms with Gasteiger partial charge < -0.3 is 14.3 Å². The predicted molar refractivity (Wildman–Crippen MR) is 251 cm³/mol. The number of aromatic nitrogens is 5. The molecule has 0 amide bonds. The molecule has 1 atom stereocenters. The minimum absolute atomic E-state index is 0.0424. The molecule has 2 aromatic heterocycles. The molecule has 0 bridgehead atoms. The second-order valence-corrected chi connectivity index (χ2v) is 18.5. The standard InChI is InChI=1S/C18H17NO3.C15H14Cl2F3N3O3.C14H13F3N2O4S/c1-2-21-17(20)16-13-18(22-19-16,14-9-5-3-6-10-14)15-11-7-4-8-12-15;1-3-26-13(24)10(17)4-8-5-12(11(18)6-9(8)16)23-15(25)22(14(19)20)7(2)21-23;1-7-11(13(21)19(2)18-7)12(20)9-5-4-8(14(15,16)17)6-10(9)24(3,22)23/h3-12H,2,13H2,1H3;5-6,10,14H,3-4H2,1-2H3;4-6,18H,1-3H3. The highest BCUT2D eigenvalue weighted by Gasteiger charge is 2.45. The van der Waals surface area contributed by atoms with Crippen LogP contribution in [0.2, 0.25) is 5.02 Å². The molecule has 16 nitrogen and oxygen atoms in total. The molecule has 0 fully saturated rings. The van der Waals surface area contributed by atoms with E-state index in [1.165, 1.54) is 20.9 Å². The van der Waals surface area contributed by atoms with Crippen LogP contribution in [0.5, 0.6) is 0 Å². The van der Waals surface area contributed by atoms with Crippen molar-refractivity contribution < 1.29 is 63.5 Å². The number of carbonyl (C=O) groups is 3. The summed E-state index contributed by atoms with van der Waals surface area (Å²) >= 11 is 11.9. The van der Waals surface area contributed by atoms with Crippen molar-refractivity contribution >= 4 is 56.5 Å². The number of ether oxygens (including phenoxy) is 2. The number of rotatable bonds is 13. The van der Waals surface area contributed by atoms with E-state index in [2.05, 4.69) is 15.4 Å². The maximum Gasteiger partial charge on any atom is 0.416 e. The van der Waals surface area contributed by atoms with Gasteiger partial charge in [-0.3, -0.25) is 24.2 Å². The van der Waals surface area contributed by atoms with Gasteiger partial charge in [0.25, 0.3) is 5.56 Å². The Morgan fingerprint density at radius 3 is 1.99 bits per heavy atom. The smallest absolute Gasteiger partial charge is 0.416 e. The molecular weight excluding hydrogens is 1030 g/mol. The van der Waals surface area contributed by atoms with E-state index < -0.39 is 84.4 Å². The van der Waals surface area contributed by atoms with Crippen LogP contribution in [0.25, 0.3) is 5.69 Å². The normalized spacial score (nSPS) is 13.5. The van der Waals surface area contributed by atoms with Gasteiger partial charge in [-0.25, -0.2) is 27.0 Å². The Kier molecular flexibility index (Phi) is 17.9. The quantitative estimate of drug-likeness (QED) is 0.0506. The van der Waals surface area contributed by atoms with Gasteiger partial charge in [-0.2, -0.15) is 26.6 Å². The molecule has 1 aliphatic rings. The molecule has 384 valence electrons. The van der Waals surface area contributed by atoms with Gasteiger partial charge in [0.15, 0.2) is 27.0 Å². The van der Waals surface area contributed by atoms with Crippen LogP contribution in [-0.2, 0) is 59.0 Å². The van der Waals surface area contributed by atoms with Crippen LogP contribution in [0, 0.1) is 19.7 Å². The van der Waals surface area contributed by atoms with Crippen LogP contribution in [0.1, 0.15) is 76.5 Å². The van der Waals surface area contributed by atoms with Crippen molar-refractivity contribution in [3.63, 3.8) is 0 Å². The number of esters is 2. The molecule has 6 aromatic rings. The molecule has 1 unspecified atom stereocenters. The van der Waals surface area contributed by atoms with Gasteiger partial charge in [0.05, 0.1) is 30.1 Å². The highest BCUT2D eigenvalue weighted by Crippen LogP contribution is 2.41. The van der Waals surface area contributed by atoms with Crippen molar-refractivity contribution in [3.8, 4) is 5.69 Å². The summed E-state index contributed by atoms with van der Waals surface area (Å²) in [7, 11) is -2.77. The van der Waals surface area contributed by atoms with Crippen LogP contribution in [0.3, 0.4) is 0 Å². The molecule has 0 saturated carbocycles. The first-order chi connectivity index (χ1) is 33.8. The van der Waals surface area contributed by atoms with E-state index in [0.717, 1.165) is 34.0 Å². The van der Waals surface area contributed by atoms with Crippen molar-refractivity contribution in [2.24, 2.45) is 12.2 Å². The van der Waals surface area contributed by atoms with Gasteiger partial charge in [0, 0.05) is 47.1 Å². The van der Waals surface area contributed by atoms with E-state index >= 15 is 0 Å². The Bertz CT molecular complexity index is 3190. The maximum atomic E-state index is 14.2. The Morgan fingerprint density at radius 2 is 1.50 bits per heavy atom. The fourth-order valence-electron chi connectivity index (χ4n) is 7.20. The predicted octanol–water partition coefficient (Wildman–Crippen LogP) is 8.19. The molecule has 72 heavy (non-hydrogen) atoms. The highest BCUT2D eigenvalue weighted by atomic mass is 35.5. The van der Waals surface area contributed by atoms with Gasteiger partial charge in [-0.05, 0) is 63.6 Å². The van der Waals surface area contributed by atoms with E-state index in [9.17, 15) is 58.7 Å². The van der Waals surface area contributed by atoms with Crippen LogP contribution < -0.4 is 11.2 Å². The molecular formula is C47H44Cl2F6N6O10S. The first-order valence-corrected chi connectivity index (χ1v) is 24.0. The molecule has 3 heterocycles. The lowest BCUT2D eigenvalue weighted by molar-refractivity contribution is -0.142. The van der Waals surface area contributed by atoms with Gasteiger partial charge in [-0.15, -0.1) is 16.7 Å². The Hall–Kier alpha value is -6.98. The number of alkyl halides is 6. The Morgan fingerprint density at radius 1 is 0.917 bits per heavy atom. The summed E-state index contributed by atoms with van der Waals surface area (Å²) in [6.45, 7) is 3.33. The number of halogens is 8. The van der Waals surface area contributed by atoms with Crippen molar-refractivity contribution in [2.45, 2.75) is 69.1 Å². The van der Waals surface area contributed by atoms with Crippen molar-refractivity contribution in [3.05, 3.63) is 168 Å². The van der Waals surface area contributed by atoms with Crippen LogP contribution in [0.15, 0.2) is 111 Å². The summed E-state index contributed by atoms with van der Waals surface area (Å²) in [6, 6.07) is 23.4. The van der Waals surface area contributed by atoms with Crippen molar-refractivity contribution in [1.29, 1.82) is 0 Å². The van der Waals surface area contributed by atoms with Gasteiger partial charge in [0.1, 0.15) is 22.5 Å². The number of ketones is 1. The largest absolute Gasteiger partial charge is 0.465 e. The lowest BCUT2D eigenvalue weighted by atomic mass is 9.82. The van der Waals surface area contributed by atoms with Gasteiger partial charge in [-0.1, -0.05) is 77.4 Å². The molecule has 1 N–H and O–H groups in total. The number of benzene rings is 4. The first-order valence-electron chi connectivity index (χ1n) is 21.3. The first kappa shape index (κ1) is 55.9. The molecule has 0 radical (unpaired) electrons. The monoisotopic (exact) mass is 1070 g/mol. The molecule has 1 aliphatic heterocycles. The zero-order valence-electron chi connectivity index (χ0n) is 38.9. The number of aryl methyl sites for hydroxylation is 3. The van der Waals surface area contributed by atoms with E-state index in [4.69, 9.17) is 37.5 Å². The molecule has 7 rings (SSSR count). The number of hydrogen-bond donors (Lipinski definition) is 1. The number of aromatic amines is 1. The number of nitrogens with zero attached hydrogens (tertiary/aromatic N) is 5. The molecule has 4 aromatic carbocycles. The molecule has 25 heteroatoms. The fourth-order valence-corrected chi connectivity index (χ4v) is 8.55. The second-order valence-electron chi connectivity index (χ2n) is 15.6. The zero-order chi connectivity index (χ0) is 53.5. The lowest BCUT2D eigenvalue weighted by Gasteiger charge is -2.27. The number of H-pyrrole nitrogens is 1. The zero-order valence-corrected chi connectivity index (χ0v) is 41.2. The number of oxime groups is 1. The summed E-state index contributed by atoms with van der Waals surface area (Å²) in [5.41, 5.74) is -2.41. The maximum absolute atomic E-state index is 14.2. The number of nitrogens with one attached hydrogen (secondary N) is 1. The summed E-state index contributed by atoms with van der Waals surface area (Å²) in [4.78, 5) is 65.2. The number of carbonyl (C=O) groups excluding carboxylic acids is 3. The Balaban J connectivity index is 0.000000201. The number of sulfone groups is 1. The SMILES string of the molecule is CCOC(=O)C(Cl)Cc1cc(-n2nc(C)n(C(F)F)c2=O)c(F)cc1Cl.CCOC(=O)C1=NOC(c2ccccc2)(c2ccccc2)C1.Cc1[nH]n(C)c(=O)c1C(=O)c1ccc(C(F)(F)F)cc1S(C)(=O)=O. The second kappa shape index (κ2) is 23.1. The van der Waals surface area contributed by atoms with Crippen LogP contribution in [-0.4, -0.2) is 80.8 Å².